The summed E-state index contributed by atoms with van der Waals surface area (Å²) in [6.07, 6.45) is -1.52. The molecule has 0 aromatic heterocycles. The molecule has 0 saturated heterocycles. The number of carbonyl (C=O) groups excluding carboxylic acids is 6. The van der Waals surface area contributed by atoms with Gasteiger partial charge in [-0.25, -0.2) is 4.79 Å². The average Bonchev–Trinajstić information content (AvgIpc) is 2.97. The van der Waals surface area contributed by atoms with Gasteiger partial charge in [0.1, 0.15) is 30.2 Å². The van der Waals surface area contributed by atoms with Crippen molar-refractivity contribution >= 4 is 53.3 Å². The van der Waals surface area contributed by atoms with E-state index >= 15 is 0 Å². The summed E-state index contributed by atoms with van der Waals surface area (Å²) >= 11 is 0. The molecule has 23 heteroatoms. The molecular formula is C23H40N10O13. The van der Waals surface area contributed by atoms with E-state index in [-0.39, 0.29) is 25.3 Å². The average molecular weight is 665 g/mol. The highest BCUT2D eigenvalue weighted by Crippen LogP contribution is 2.01. The van der Waals surface area contributed by atoms with E-state index in [1.165, 1.54) is 0 Å². The maximum atomic E-state index is 12.8. The molecule has 260 valence electrons. The van der Waals surface area contributed by atoms with Crippen LogP contribution >= 0.6 is 0 Å². The van der Waals surface area contributed by atoms with E-state index in [1.54, 1.807) is 0 Å². The third kappa shape index (κ3) is 15.6. The van der Waals surface area contributed by atoms with E-state index < -0.39 is 116 Å². The van der Waals surface area contributed by atoms with Gasteiger partial charge in [-0.1, -0.05) is 0 Å². The van der Waals surface area contributed by atoms with Gasteiger partial charge in [-0.2, -0.15) is 0 Å². The van der Waals surface area contributed by atoms with Crippen molar-refractivity contribution in [3.63, 3.8) is 0 Å². The van der Waals surface area contributed by atoms with Crippen molar-refractivity contribution in [2.24, 2.45) is 17.2 Å². The zero-order chi connectivity index (χ0) is 35.6. The lowest BCUT2D eigenvalue weighted by Crippen LogP contribution is -2.61. The van der Waals surface area contributed by atoms with Crippen LogP contribution in [0.15, 0.2) is 0 Å². The number of aliphatic hydroxyl groups excluding tert-OH is 3. The van der Waals surface area contributed by atoms with Gasteiger partial charge in [-0.3, -0.25) is 39.0 Å². The van der Waals surface area contributed by atoms with Gasteiger partial charge in [0, 0.05) is 6.54 Å². The molecule has 0 radical (unpaired) electrons. The molecule has 0 aliphatic carbocycles. The SMILES string of the molecule is N=C(N)NCCC[C@H](N)C(=O)N[C@@H](CC(=O)O)C(=O)N[C@@H](CO)C(=O)N[C@@H](CO)C(=O)N[C@@H](CC(N)=O)C(=O)N[C@@H](CO)C(=O)O. The molecule has 0 unspecified atom stereocenters. The Hall–Kier alpha value is -5.13. The fourth-order valence-electron chi connectivity index (χ4n) is 3.41. The monoisotopic (exact) mass is 664 g/mol. The number of nitrogens with one attached hydrogen (secondary N) is 7. The predicted octanol–water partition coefficient (Wildman–Crippen LogP) is -8.59. The van der Waals surface area contributed by atoms with E-state index in [9.17, 15) is 53.7 Å². The highest BCUT2D eigenvalue weighted by atomic mass is 16.4. The first-order valence-electron chi connectivity index (χ1n) is 13.4. The summed E-state index contributed by atoms with van der Waals surface area (Å²) in [5, 5.41) is 66.0. The molecule has 0 aromatic rings. The summed E-state index contributed by atoms with van der Waals surface area (Å²) in [6.45, 7) is -3.12. The largest absolute Gasteiger partial charge is 0.481 e. The fraction of sp³-hybridized carbons (Fsp3) is 0.609. The van der Waals surface area contributed by atoms with Crippen LogP contribution in [-0.4, -0.2) is 141 Å². The lowest BCUT2D eigenvalue weighted by Gasteiger charge is -2.25. The number of carbonyl (C=O) groups is 8. The lowest BCUT2D eigenvalue weighted by molar-refractivity contribution is -0.143. The third-order valence-corrected chi connectivity index (χ3v) is 5.82. The van der Waals surface area contributed by atoms with Crippen LogP contribution in [0.5, 0.6) is 0 Å². The zero-order valence-corrected chi connectivity index (χ0v) is 24.4. The van der Waals surface area contributed by atoms with Crippen LogP contribution in [0, 0.1) is 5.41 Å². The molecule has 0 bridgehead atoms. The van der Waals surface area contributed by atoms with Crippen LogP contribution in [0.2, 0.25) is 0 Å². The Morgan fingerprint density at radius 2 is 1.00 bits per heavy atom. The third-order valence-electron chi connectivity index (χ3n) is 5.82. The summed E-state index contributed by atoms with van der Waals surface area (Å²) in [4.78, 5) is 96.8. The summed E-state index contributed by atoms with van der Waals surface area (Å²) in [6, 6.07) is -10.4. The van der Waals surface area contributed by atoms with E-state index in [0.29, 0.717) is 0 Å². The zero-order valence-electron chi connectivity index (χ0n) is 24.4. The van der Waals surface area contributed by atoms with Crippen LogP contribution in [0.3, 0.4) is 0 Å². The van der Waals surface area contributed by atoms with Gasteiger partial charge in [0.05, 0.1) is 38.7 Å². The maximum Gasteiger partial charge on any atom is 0.328 e. The van der Waals surface area contributed by atoms with Crippen LogP contribution in [0.25, 0.3) is 0 Å². The Bertz CT molecular complexity index is 1140. The Morgan fingerprint density at radius 1 is 0.609 bits per heavy atom. The molecule has 46 heavy (non-hydrogen) atoms. The minimum Gasteiger partial charge on any atom is -0.481 e. The minimum absolute atomic E-state index is 0.0450. The Labute approximate surface area is 260 Å². The topological polar surface area (TPSA) is 412 Å². The van der Waals surface area contributed by atoms with Crippen LogP contribution in [0.4, 0.5) is 0 Å². The molecule has 0 fully saturated rings. The molecule has 6 atom stereocenters. The normalized spacial score (nSPS) is 14.5. The quantitative estimate of drug-likeness (QED) is 0.0290. The highest BCUT2D eigenvalue weighted by Gasteiger charge is 2.33. The number of carboxylic acids is 2. The van der Waals surface area contributed by atoms with Crippen molar-refractivity contribution in [1.82, 2.24) is 31.9 Å². The first-order chi connectivity index (χ1) is 21.5. The van der Waals surface area contributed by atoms with Crippen molar-refractivity contribution in [3.05, 3.63) is 0 Å². The molecule has 0 heterocycles. The molecule has 0 aliphatic rings. The van der Waals surface area contributed by atoms with Crippen molar-refractivity contribution in [2.75, 3.05) is 26.4 Å². The molecule has 0 rings (SSSR count). The first kappa shape index (κ1) is 40.9. The van der Waals surface area contributed by atoms with Gasteiger partial charge in [-0.05, 0) is 12.8 Å². The number of hydrogen-bond donors (Lipinski definition) is 15. The standard InChI is InChI=1S/C23H40N10O13/c24-9(2-1-3-28-23(26)27)17(40)29-11(5-16(38)39)19(42)31-13(7-35)21(44)32-12(6-34)20(43)30-10(4-15(25)37)18(41)33-14(8-36)22(45)46/h9-14,34-36H,1-8,24H2,(H2,25,37)(H,29,40)(H,30,43)(H,31,42)(H,32,44)(H,33,41)(H,38,39)(H,45,46)(H4,26,27,28)/t9-,10-,11-,12-,13-,14-/m0/s1. The van der Waals surface area contributed by atoms with E-state index in [0.717, 1.165) is 0 Å². The predicted molar refractivity (Wildman–Crippen MR) is 152 cm³/mol. The van der Waals surface area contributed by atoms with Crippen molar-refractivity contribution in [3.8, 4) is 0 Å². The minimum atomic E-state index is -1.89. The van der Waals surface area contributed by atoms with Crippen LogP contribution in [0.1, 0.15) is 25.7 Å². The summed E-state index contributed by atoms with van der Waals surface area (Å²) in [5.74, 6) is -10.7. The number of primary amides is 1. The highest BCUT2D eigenvalue weighted by molar-refractivity contribution is 5.98. The second-order valence-corrected chi connectivity index (χ2v) is 9.55. The smallest absolute Gasteiger partial charge is 0.328 e. The van der Waals surface area contributed by atoms with Gasteiger partial charge in [0.25, 0.3) is 0 Å². The molecule has 6 amide bonds. The van der Waals surface area contributed by atoms with E-state index in [2.05, 4.69) is 10.6 Å². The number of aliphatic carboxylic acids is 2. The molecular weight excluding hydrogens is 624 g/mol. The number of aliphatic hydroxyl groups is 3. The lowest BCUT2D eigenvalue weighted by atomic mass is 10.1. The Morgan fingerprint density at radius 3 is 1.39 bits per heavy atom. The van der Waals surface area contributed by atoms with Gasteiger partial charge >= 0.3 is 11.9 Å². The Balaban J connectivity index is 5.54. The summed E-state index contributed by atoms with van der Waals surface area (Å²) in [7, 11) is 0. The number of guanidine groups is 1. The van der Waals surface area contributed by atoms with Gasteiger partial charge < -0.3 is 74.6 Å². The maximum absolute atomic E-state index is 12.8. The van der Waals surface area contributed by atoms with E-state index in [4.69, 9.17) is 32.8 Å². The molecule has 0 aliphatic heterocycles. The fourth-order valence-corrected chi connectivity index (χ4v) is 3.41. The van der Waals surface area contributed by atoms with Crippen molar-refractivity contribution in [2.45, 2.75) is 61.9 Å². The number of nitrogens with two attached hydrogens (primary N) is 3. The Kier molecular flexibility index (Phi) is 18.4. The molecule has 23 nitrogen and oxygen atoms in total. The van der Waals surface area contributed by atoms with Crippen molar-refractivity contribution in [1.29, 1.82) is 5.41 Å². The van der Waals surface area contributed by atoms with Crippen molar-refractivity contribution < 1.29 is 63.9 Å². The molecule has 0 spiro atoms. The van der Waals surface area contributed by atoms with Gasteiger partial charge in [0.15, 0.2) is 5.96 Å². The molecule has 0 aromatic carbocycles. The van der Waals surface area contributed by atoms with Gasteiger partial charge in [0.2, 0.25) is 35.4 Å². The number of rotatable bonds is 22. The van der Waals surface area contributed by atoms with Gasteiger partial charge in [-0.15, -0.1) is 0 Å². The van der Waals surface area contributed by atoms with Crippen LogP contribution in [-0.2, 0) is 38.4 Å². The first-order valence-corrected chi connectivity index (χ1v) is 13.4. The second-order valence-electron chi connectivity index (χ2n) is 9.55. The summed E-state index contributed by atoms with van der Waals surface area (Å²) < 4.78 is 0. The second kappa shape index (κ2) is 20.8. The molecule has 0 saturated carbocycles. The summed E-state index contributed by atoms with van der Waals surface area (Å²) in [5.41, 5.74) is 15.9. The van der Waals surface area contributed by atoms with Crippen LogP contribution < -0.4 is 49.1 Å². The number of amides is 6. The number of carboxylic acid groups (broad SMARTS) is 2. The number of hydrogen-bond acceptors (Lipinski definition) is 13. The van der Waals surface area contributed by atoms with E-state index in [1.807, 2.05) is 21.3 Å². The molecule has 18 N–H and O–H groups in total.